The van der Waals surface area contributed by atoms with E-state index in [0.717, 1.165) is 39.0 Å². The number of hydrogen-bond acceptors (Lipinski definition) is 4. The lowest BCUT2D eigenvalue weighted by molar-refractivity contribution is -0.133. The minimum Gasteiger partial charge on any atom is -0.335 e. The van der Waals surface area contributed by atoms with Gasteiger partial charge in [0, 0.05) is 57.4 Å². The Morgan fingerprint density at radius 1 is 1.28 bits per heavy atom. The van der Waals surface area contributed by atoms with E-state index in [4.69, 9.17) is 0 Å². The van der Waals surface area contributed by atoms with Gasteiger partial charge in [-0.25, -0.2) is 0 Å². The fraction of sp³-hybridized carbons (Fsp3) is 0.526. The van der Waals surface area contributed by atoms with Crippen LogP contribution in [0.15, 0.2) is 43.0 Å². The number of amides is 1. The van der Waals surface area contributed by atoms with Crippen molar-refractivity contribution in [3.8, 4) is 0 Å². The maximum atomic E-state index is 12.3. The highest BCUT2D eigenvalue weighted by molar-refractivity contribution is 5.74. The van der Waals surface area contributed by atoms with Crippen molar-refractivity contribution in [3.63, 3.8) is 0 Å². The topological polar surface area (TPSA) is 54.3 Å². The Hall–Kier alpha value is -2.21. The van der Waals surface area contributed by atoms with Gasteiger partial charge in [-0.3, -0.25) is 19.4 Å². The Morgan fingerprint density at radius 2 is 2.12 bits per heavy atom. The number of fused-ring (bicyclic) bond motifs is 1. The van der Waals surface area contributed by atoms with Crippen LogP contribution in [0.1, 0.15) is 25.3 Å². The van der Waals surface area contributed by atoms with E-state index in [1.807, 2.05) is 29.3 Å². The summed E-state index contributed by atoms with van der Waals surface area (Å²) in [6, 6.07) is 6.75. The van der Waals surface area contributed by atoms with E-state index in [1.165, 1.54) is 5.56 Å². The summed E-state index contributed by atoms with van der Waals surface area (Å²) in [5, 5.41) is 4.32. The van der Waals surface area contributed by atoms with Gasteiger partial charge in [0.15, 0.2) is 0 Å². The molecule has 2 aromatic rings. The molecule has 2 saturated heterocycles. The highest BCUT2D eigenvalue weighted by Crippen LogP contribution is 2.36. The van der Waals surface area contributed by atoms with Crippen molar-refractivity contribution >= 4 is 5.91 Å². The van der Waals surface area contributed by atoms with Crippen molar-refractivity contribution in [2.75, 3.05) is 13.1 Å². The third kappa shape index (κ3) is 3.44. The average Bonchev–Trinajstić information content (AvgIpc) is 3.23. The lowest BCUT2D eigenvalue weighted by Crippen LogP contribution is -2.48. The SMILES string of the molecule is CC(=O)N1[C@H](Cn2cccn2)C[C@@H]2CN(Cc3ccncc3)CC[C@@H]21. The van der Waals surface area contributed by atoms with Gasteiger partial charge in [-0.15, -0.1) is 0 Å². The Bertz CT molecular complexity index is 702. The predicted octanol–water partition coefficient (Wildman–Crippen LogP) is 1.79. The molecule has 2 fully saturated rings. The Kier molecular flexibility index (Phi) is 4.53. The van der Waals surface area contributed by atoms with Gasteiger partial charge < -0.3 is 4.90 Å². The van der Waals surface area contributed by atoms with Crippen LogP contribution in [0, 0.1) is 5.92 Å². The summed E-state index contributed by atoms with van der Waals surface area (Å²) in [4.78, 5) is 21.0. The van der Waals surface area contributed by atoms with Crippen LogP contribution in [0.3, 0.4) is 0 Å². The molecule has 0 unspecified atom stereocenters. The van der Waals surface area contributed by atoms with Crippen molar-refractivity contribution in [1.29, 1.82) is 0 Å². The fourth-order valence-corrected chi connectivity index (χ4v) is 4.59. The summed E-state index contributed by atoms with van der Waals surface area (Å²) in [5.41, 5.74) is 1.31. The number of carbonyl (C=O) groups is 1. The van der Waals surface area contributed by atoms with E-state index in [1.54, 1.807) is 13.1 Å². The van der Waals surface area contributed by atoms with Crippen LogP contribution in [0.25, 0.3) is 0 Å². The van der Waals surface area contributed by atoms with Gasteiger partial charge in [0.1, 0.15) is 0 Å². The minimum atomic E-state index is 0.201. The average molecular weight is 339 g/mol. The van der Waals surface area contributed by atoms with Crippen LogP contribution >= 0.6 is 0 Å². The van der Waals surface area contributed by atoms with E-state index in [0.29, 0.717) is 12.0 Å². The third-order valence-corrected chi connectivity index (χ3v) is 5.58. The first kappa shape index (κ1) is 16.3. The molecule has 2 aromatic heterocycles. The number of nitrogens with zero attached hydrogens (tertiary/aromatic N) is 5. The van der Waals surface area contributed by atoms with Gasteiger partial charge in [0.2, 0.25) is 5.91 Å². The first-order chi connectivity index (χ1) is 12.2. The van der Waals surface area contributed by atoms with Crippen LogP contribution in [0.4, 0.5) is 0 Å². The summed E-state index contributed by atoms with van der Waals surface area (Å²) in [6.45, 7) is 5.58. The molecule has 132 valence electrons. The normalized spacial score (nSPS) is 26.6. The van der Waals surface area contributed by atoms with Gasteiger partial charge in [0.25, 0.3) is 0 Å². The summed E-state index contributed by atoms with van der Waals surface area (Å²) in [6.07, 6.45) is 9.62. The first-order valence-electron chi connectivity index (χ1n) is 9.08. The number of hydrogen-bond donors (Lipinski definition) is 0. The van der Waals surface area contributed by atoms with Gasteiger partial charge in [-0.05, 0) is 42.5 Å². The van der Waals surface area contributed by atoms with Gasteiger partial charge in [0.05, 0.1) is 12.6 Å². The lowest BCUT2D eigenvalue weighted by atomic mass is 9.92. The molecule has 0 bridgehead atoms. The van der Waals surface area contributed by atoms with Gasteiger partial charge in [-0.1, -0.05) is 0 Å². The van der Waals surface area contributed by atoms with Crippen LogP contribution in [0.5, 0.6) is 0 Å². The molecule has 6 nitrogen and oxygen atoms in total. The molecular formula is C19H25N5O. The molecule has 1 amide bonds. The molecule has 0 saturated carbocycles. The summed E-state index contributed by atoms with van der Waals surface area (Å²) >= 11 is 0. The van der Waals surface area contributed by atoms with E-state index in [2.05, 4.69) is 32.0 Å². The highest BCUT2D eigenvalue weighted by Gasteiger charge is 2.45. The molecule has 2 aliphatic rings. The Labute approximate surface area is 148 Å². The van der Waals surface area contributed by atoms with Crippen molar-refractivity contribution < 1.29 is 4.79 Å². The minimum absolute atomic E-state index is 0.201. The molecule has 0 aromatic carbocycles. The fourth-order valence-electron chi connectivity index (χ4n) is 4.59. The molecule has 25 heavy (non-hydrogen) atoms. The van der Waals surface area contributed by atoms with Crippen molar-refractivity contribution in [1.82, 2.24) is 24.6 Å². The van der Waals surface area contributed by atoms with E-state index in [-0.39, 0.29) is 11.9 Å². The largest absolute Gasteiger partial charge is 0.335 e. The van der Waals surface area contributed by atoms with Gasteiger partial charge in [-0.2, -0.15) is 5.10 Å². The van der Waals surface area contributed by atoms with Crippen molar-refractivity contribution in [2.24, 2.45) is 5.92 Å². The standard InChI is InChI=1S/C19H25N5O/c1-15(25)24-18(14-23-9-2-6-21-23)11-17-13-22(10-5-19(17)24)12-16-3-7-20-8-4-16/h2-4,6-9,17-19H,5,10-14H2,1H3/t17-,18+,19+/m1/s1. The molecular weight excluding hydrogens is 314 g/mol. The van der Waals surface area contributed by atoms with E-state index >= 15 is 0 Å². The molecule has 0 radical (unpaired) electrons. The number of carbonyl (C=O) groups excluding carboxylic acids is 1. The van der Waals surface area contributed by atoms with Crippen LogP contribution in [-0.4, -0.2) is 55.6 Å². The molecule has 4 rings (SSSR count). The maximum Gasteiger partial charge on any atom is 0.220 e. The van der Waals surface area contributed by atoms with Crippen molar-refractivity contribution in [2.45, 2.75) is 44.9 Å². The molecule has 0 aliphatic carbocycles. The van der Waals surface area contributed by atoms with Crippen LogP contribution < -0.4 is 0 Å². The van der Waals surface area contributed by atoms with Crippen molar-refractivity contribution in [3.05, 3.63) is 48.5 Å². The third-order valence-electron chi connectivity index (χ3n) is 5.58. The summed E-state index contributed by atoms with van der Waals surface area (Å²) in [5.74, 6) is 0.757. The quantitative estimate of drug-likeness (QED) is 0.852. The lowest BCUT2D eigenvalue weighted by Gasteiger charge is -2.38. The second-order valence-electron chi connectivity index (χ2n) is 7.25. The molecule has 3 atom stereocenters. The maximum absolute atomic E-state index is 12.3. The van der Waals surface area contributed by atoms with E-state index in [9.17, 15) is 4.79 Å². The molecule has 2 aliphatic heterocycles. The zero-order valence-corrected chi connectivity index (χ0v) is 14.7. The monoisotopic (exact) mass is 339 g/mol. The molecule has 0 spiro atoms. The number of pyridine rings is 1. The van der Waals surface area contributed by atoms with Crippen LogP contribution in [0.2, 0.25) is 0 Å². The number of piperidine rings is 1. The van der Waals surface area contributed by atoms with Crippen LogP contribution in [-0.2, 0) is 17.9 Å². The zero-order valence-electron chi connectivity index (χ0n) is 14.7. The Morgan fingerprint density at radius 3 is 2.84 bits per heavy atom. The number of rotatable bonds is 4. The second kappa shape index (κ2) is 6.96. The second-order valence-corrected chi connectivity index (χ2v) is 7.25. The molecule has 4 heterocycles. The molecule has 0 N–H and O–H groups in total. The number of aromatic nitrogens is 3. The molecule has 6 heteroatoms. The predicted molar refractivity (Wildman–Crippen MR) is 94.6 cm³/mol. The van der Waals surface area contributed by atoms with Gasteiger partial charge >= 0.3 is 0 Å². The van der Waals surface area contributed by atoms with E-state index < -0.39 is 0 Å². The smallest absolute Gasteiger partial charge is 0.220 e. The zero-order chi connectivity index (χ0) is 17.2. The summed E-state index contributed by atoms with van der Waals surface area (Å²) in [7, 11) is 0. The highest BCUT2D eigenvalue weighted by atomic mass is 16.2. The first-order valence-corrected chi connectivity index (χ1v) is 9.08. The number of likely N-dealkylation sites (tertiary alicyclic amines) is 2. The Balaban J connectivity index is 1.44. The summed E-state index contributed by atoms with van der Waals surface area (Å²) < 4.78 is 1.95.